The number of fused-ring (bicyclic) bond motifs is 3. The fourth-order valence-electron chi connectivity index (χ4n) is 5.41. The van der Waals surface area contributed by atoms with E-state index in [-0.39, 0.29) is 21.8 Å². The maximum atomic E-state index is 13.6. The highest BCUT2D eigenvalue weighted by molar-refractivity contribution is 6.32. The highest BCUT2D eigenvalue weighted by atomic mass is 35.5. The van der Waals surface area contributed by atoms with Crippen LogP contribution in [0.2, 0.25) is 5.02 Å². The van der Waals surface area contributed by atoms with Gasteiger partial charge >= 0.3 is 0 Å². The monoisotopic (exact) mass is 475 g/mol. The predicted octanol–water partition coefficient (Wildman–Crippen LogP) is 6.67. The molecule has 34 heavy (non-hydrogen) atoms. The molecule has 6 nitrogen and oxygen atoms in total. The molecule has 1 aliphatic heterocycles. The summed E-state index contributed by atoms with van der Waals surface area (Å²) in [7, 11) is 3.50. The lowest BCUT2D eigenvalue weighted by atomic mass is 9.68. The van der Waals surface area contributed by atoms with Gasteiger partial charge in [-0.15, -0.1) is 0 Å². The van der Waals surface area contributed by atoms with E-state index in [0.29, 0.717) is 34.7 Å². The SMILES string of the molecule is CN(C)c1cc(Cl)c(C2C3=C(CC(C)(C)CC3=O)Nc3ccc4ccccc4c32)cc1[N+](=O)[O-]. The molecule has 174 valence electrons. The molecule has 7 heteroatoms. The molecule has 1 N–H and O–H groups in total. The average molecular weight is 476 g/mol. The van der Waals surface area contributed by atoms with Crippen LogP contribution in [0.1, 0.15) is 43.7 Å². The Morgan fingerprint density at radius 3 is 2.56 bits per heavy atom. The minimum Gasteiger partial charge on any atom is -0.372 e. The second-order valence-corrected chi connectivity index (χ2v) is 10.6. The third-order valence-corrected chi connectivity index (χ3v) is 7.16. The smallest absolute Gasteiger partial charge is 0.292 e. The lowest BCUT2D eigenvalue weighted by molar-refractivity contribution is -0.384. The number of carbonyl (C=O) groups is 1. The van der Waals surface area contributed by atoms with E-state index in [1.54, 1.807) is 31.1 Å². The van der Waals surface area contributed by atoms with Crippen molar-refractivity contribution in [2.24, 2.45) is 5.41 Å². The Morgan fingerprint density at radius 1 is 1.12 bits per heavy atom. The molecule has 1 heterocycles. The lowest BCUT2D eigenvalue weighted by Gasteiger charge is -2.40. The maximum Gasteiger partial charge on any atom is 0.292 e. The summed E-state index contributed by atoms with van der Waals surface area (Å²) < 4.78 is 0. The fourth-order valence-corrected chi connectivity index (χ4v) is 5.67. The quantitative estimate of drug-likeness (QED) is 0.338. The molecule has 0 saturated carbocycles. The van der Waals surface area contributed by atoms with Crippen molar-refractivity contribution in [3.63, 3.8) is 0 Å². The highest BCUT2D eigenvalue weighted by Gasteiger charge is 2.42. The number of nitro benzene ring substituents is 1. The zero-order valence-corrected chi connectivity index (χ0v) is 20.4. The van der Waals surface area contributed by atoms with Crippen LogP contribution >= 0.6 is 11.6 Å². The van der Waals surface area contributed by atoms with Crippen molar-refractivity contribution in [2.45, 2.75) is 32.6 Å². The van der Waals surface area contributed by atoms with Gasteiger partial charge in [-0.1, -0.05) is 55.8 Å². The van der Waals surface area contributed by atoms with Gasteiger partial charge < -0.3 is 10.2 Å². The van der Waals surface area contributed by atoms with Gasteiger partial charge in [0.25, 0.3) is 5.69 Å². The number of Topliss-reactive ketones (excluding diaryl/α,β-unsaturated/α-hetero) is 1. The summed E-state index contributed by atoms with van der Waals surface area (Å²) >= 11 is 6.83. The molecule has 0 spiro atoms. The van der Waals surface area contributed by atoms with Crippen LogP contribution in [-0.2, 0) is 4.79 Å². The molecule has 0 bridgehead atoms. The van der Waals surface area contributed by atoms with E-state index in [1.165, 1.54) is 0 Å². The Morgan fingerprint density at radius 2 is 1.85 bits per heavy atom. The van der Waals surface area contributed by atoms with E-state index in [9.17, 15) is 14.9 Å². The summed E-state index contributed by atoms with van der Waals surface area (Å²) in [5, 5.41) is 18.0. The van der Waals surface area contributed by atoms with Crippen molar-refractivity contribution in [3.05, 3.63) is 86.1 Å². The molecule has 2 aliphatic rings. The Bertz CT molecular complexity index is 1410. The topological polar surface area (TPSA) is 75.5 Å². The first kappa shape index (κ1) is 22.4. The van der Waals surface area contributed by atoms with Gasteiger partial charge in [0.2, 0.25) is 0 Å². The molecular weight excluding hydrogens is 450 g/mol. The molecule has 0 radical (unpaired) electrons. The van der Waals surface area contributed by atoms with Crippen LogP contribution in [0, 0.1) is 15.5 Å². The van der Waals surface area contributed by atoms with E-state index in [1.807, 2.05) is 30.3 Å². The second kappa shape index (κ2) is 7.84. The minimum atomic E-state index is -0.497. The van der Waals surface area contributed by atoms with Crippen LogP contribution in [-0.4, -0.2) is 24.8 Å². The van der Waals surface area contributed by atoms with Gasteiger partial charge in [0.1, 0.15) is 5.69 Å². The van der Waals surface area contributed by atoms with Crippen LogP contribution in [0.15, 0.2) is 59.8 Å². The normalized spacial score (nSPS) is 18.9. The molecule has 3 aromatic rings. The number of nitrogens with zero attached hydrogens (tertiary/aromatic N) is 2. The van der Waals surface area contributed by atoms with Crippen LogP contribution in [0.4, 0.5) is 17.1 Å². The number of benzene rings is 3. The van der Waals surface area contributed by atoms with Gasteiger partial charge in [0, 0.05) is 54.5 Å². The molecule has 0 amide bonds. The van der Waals surface area contributed by atoms with Crippen LogP contribution in [0.3, 0.4) is 0 Å². The summed E-state index contributed by atoms with van der Waals surface area (Å²) in [6, 6.07) is 15.3. The van der Waals surface area contributed by atoms with E-state index < -0.39 is 5.92 Å². The third-order valence-electron chi connectivity index (χ3n) is 6.84. The van der Waals surface area contributed by atoms with Crippen molar-refractivity contribution < 1.29 is 9.72 Å². The van der Waals surface area contributed by atoms with E-state index in [0.717, 1.165) is 27.7 Å². The molecule has 0 fully saturated rings. The van der Waals surface area contributed by atoms with E-state index in [4.69, 9.17) is 11.6 Å². The number of carbonyl (C=O) groups excluding carboxylic acids is 1. The number of allylic oxidation sites excluding steroid dienone is 2. The molecular formula is C27H26ClN3O3. The molecule has 1 aliphatic carbocycles. The van der Waals surface area contributed by atoms with Gasteiger partial charge in [-0.25, -0.2) is 0 Å². The van der Waals surface area contributed by atoms with Gasteiger partial charge in [0.15, 0.2) is 5.78 Å². The summed E-state index contributed by atoms with van der Waals surface area (Å²) in [6.07, 6.45) is 1.13. The first-order chi connectivity index (χ1) is 16.1. The molecule has 1 unspecified atom stereocenters. The standard InChI is InChI=1S/C27H26ClN3O3/c1-27(2)13-20-26(23(32)14-27)25(17-11-22(31(33)34)21(30(3)4)12-18(17)28)24-16-8-6-5-7-15(16)9-10-19(24)29-20/h5-12,25,29H,13-14H2,1-4H3. The van der Waals surface area contributed by atoms with E-state index in [2.05, 4.69) is 25.2 Å². The first-order valence-electron chi connectivity index (χ1n) is 11.3. The Labute approximate surface area is 203 Å². The zero-order valence-electron chi connectivity index (χ0n) is 19.6. The number of halogens is 1. The molecule has 1 atom stereocenters. The Balaban J connectivity index is 1.85. The minimum absolute atomic E-state index is 0.0320. The third kappa shape index (κ3) is 3.53. The molecule has 5 rings (SSSR count). The molecule has 3 aromatic carbocycles. The summed E-state index contributed by atoms with van der Waals surface area (Å²) in [5.74, 6) is -0.443. The van der Waals surface area contributed by atoms with Gasteiger partial charge in [-0.05, 0) is 45.9 Å². The van der Waals surface area contributed by atoms with Crippen LogP contribution in [0.5, 0.6) is 0 Å². The Kier molecular flexibility index (Phi) is 5.17. The van der Waals surface area contributed by atoms with E-state index >= 15 is 0 Å². The lowest BCUT2D eigenvalue weighted by Crippen LogP contribution is -2.34. The van der Waals surface area contributed by atoms with Crippen molar-refractivity contribution in [3.8, 4) is 0 Å². The van der Waals surface area contributed by atoms with Crippen LogP contribution in [0.25, 0.3) is 10.8 Å². The van der Waals surface area contributed by atoms with Crippen molar-refractivity contribution in [2.75, 3.05) is 24.3 Å². The Hall–Kier alpha value is -3.38. The van der Waals surface area contributed by atoms with Crippen molar-refractivity contribution in [1.82, 2.24) is 0 Å². The van der Waals surface area contributed by atoms with Crippen molar-refractivity contribution >= 4 is 45.2 Å². The number of ketones is 1. The van der Waals surface area contributed by atoms with Gasteiger partial charge in [0.05, 0.1) is 4.92 Å². The second-order valence-electron chi connectivity index (χ2n) is 10.2. The molecule has 0 aromatic heterocycles. The van der Waals surface area contributed by atoms with Gasteiger partial charge in [-0.2, -0.15) is 0 Å². The highest BCUT2D eigenvalue weighted by Crippen LogP contribution is 2.53. The largest absolute Gasteiger partial charge is 0.372 e. The first-order valence-corrected chi connectivity index (χ1v) is 11.7. The number of hydrogen-bond acceptors (Lipinski definition) is 5. The number of nitro groups is 1. The summed E-state index contributed by atoms with van der Waals surface area (Å²) in [5.41, 5.74) is 4.18. The predicted molar refractivity (Wildman–Crippen MR) is 137 cm³/mol. The summed E-state index contributed by atoms with van der Waals surface area (Å²) in [4.78, 5) is 26.9. The maximum absolute atomic E-state index is 13.6. The fraction of sp³-hybridized carbons (Fsp3) is 0.296. The van der Waals surface area contributed by atoms with Crippen molar-refractivity contribution in [1.29, 1.82) is 0 Å². The molecule has 0 saturated heterocycles. The average Bonchev–Trinajstić information content (AvgIpc) is 2.76. The number of hydrogen-bond donors (Lipinski definition) is 1. The number of anilines is 2. The summed E-state index contributed by atoms with van der Waals surface area (Å²) in [6.45, 7) is 4.18. The number of nitrogens with one attached hydrogen (secondary N) is 1. The van der Waals surface area contributed by atoms with Gasteiger partial charge in [-0.3, -0.25) is 14.9 Å². The zero-order chi connectivity index (χ0) is 24.4. The van der Waals surface area contributed by atoms with Crippen LogP contribution < -0.4 is 10.2 Å². The number of rotatable bonds is 3.